The van der Waals surface area contributed by atoms with Crippen molar-refractivity contribution in [2.75, 3.05) is 6.61 Å². The topological polar surface area (TPSA) is 142 Å². The van der Waals surface area contributed by atoms with Gasteiger partial charge >= 0.3 is 5.97 Å². The number of aliphatic hydroxyl groups excluding tert-OH is 1. The van der Waals surface area contributed by atoms with Crippen LogP contribution >= 0.6 is 11.6 Å². The SMILES string of the molecule is CCCCc1nc(Cl)c(CNC(=O)c2cc3c(OCCC(O)NC(C)C)cccc3[nH]2)n1Cc1ccc(-c2ccccc2C(=O)O)cc1. The molecule has 2 aromatic heterocycles. The summed E-state index contributed by atoms with van der Waals surface area (Å²) in [5.41, 5.74) is 4.55. The molecule has 3 aromatic carbocycles. The molecule has 11 heteroatoms. The molecule has 2 heterocycles. The van der Waals surface area contributed by atoms with Crippen molar-refractivity contribution in [3.8, 4) is 16.9 Å². The van der Waals surface area contributed by atoms with Gasteiger partial charge in [-0.05, 0) is 61.2 Å². The number of hydrogen-bond donors (Lipinski definition) is 5. The fraction of sp³-hybridized carbons (Fsp3) is 0.324. The van der Waals surface area contributed by atoms with Crippen molar-refractivity contribution in [1.82, 2.24) is 25.2 Å². The van der Waals surface area contributed by atoms with Crippen LogP contribution in [0.2, 0.25) is 5.15 Å². The molecule has 0 aliphatic heterocycles. The molecule has 0 saturated heterocycles. The van der Waals surface area contributed by atoms with Gasteiger partial charge in [-0.2, -0.15) is 0 Å². The van der Waals surface area contributed by atoms with Crippen LogP contribution in [0.1, 0.15) is 78.0 Å². The third-order valence-electron chi connectivity index (χ3n) is 8.08. The number of H-pyrrole nitrogens is 1. The van der Waals surface area contributed by atoms with Gasteiger partial charge in [0.15, 0.2) is 5.15 Å². The van der Waals surface area contributed by atoms with E-state index in [0.29, 0.717) is 47.4 Å². The van der Waals surface area contributed by atoms with Gasteiger partial charge in [-0.1, -0.05) is 73.5 Å². The highest BCUT2D eigenvalue weighted by atomic mass is 35.5. The quantitative estimate of drug-likeness (QED) is 0.0728. The third kappa shape index (κ3) is 8.44. The highest BCUT2D eigenvalue weighted by Gasteiger charge is 2.19. The number of aromatic amines is 1. The van der Waals surface area contributed by atoms with E-state index < -0.39 is 12.2 Å². The van der Waals surface area contributed by atoms with Crippen LogP contribution in [-0.2, 0) is 19.5 Å². The van der Waals surface area contributed by atoms with Crippen LogP contribution in [0.15, 0.2) is 72.8 Å². The van der Waals surface area contributed by atoms with Crippen molar-refractivity contribution >= 4 is 34.4 Å². The Balaban J connectivity index is 1.31. The van der Waals surface area contributed by atoms with Crippen molar-refractivity contribution in [3.63, 3.8) is 0 Å². The minimum Gasteiger partial charge on any atom is -0.493 e. The van der Waals surface area contributed by atoms with E-state index in [1.807, 2.05) is 62.4 Å². The summed E-state index contributed by atoms with van der Waals surface area (Å²) in [5, 5.41) is 26.9. The minimum absolute atomic E-state index is 0.160. The van der Waals surface area contributed by atoms with E-state index in [1.54, 1.807) is 24.3 Å². The highest BCUT2D eigenvalue weighted by Crippen LogP contribution is 2.28. The van der Waals surface area contributed by atoms with E-state index in [9.17, 15) is 19.8 Å². The smallest absolute Gasteiger partial charge is 0.336 e. The van der Waals surface area contributed by atoms with Gasteiger partial charge in [-0.15, -0.1) is 0 Å². The van der Waals surface area contributed by atoms with Crippen LogP contribution in [-0.4, -0.2) is 55.5 Å². The highest BCUT2D eigenvalue weighted by molar-refractivity contribution is 6.30. The molecule has 0 fully saturated rings. The lowest BCUT2D eigenvalue weighted by Crippen LogP contribution is -2.35. The molecule has 1 amide bonds. The summed E-state index contributed by atoms with van der Waals surface area (Å²) in [4.78, 5) is 33.0. The molecule has 0 radical (unpaired) electrons. The number of carbonyl (C=O) groups is 2. The van der Waals surface area contributed by atoms with Crippen molar-refractivity contribution in [3.05, 3.63) is 106 Å². The summed E-state index contributed by atoms with van der Waals surface area (Å²) in [6, 6.07) is 22.2. The second-order valence-electron chi connectivity index (χ2n) is 12.1. The molecular formula is C37H42ClN5O5. The van der Waals surface area contributed by atoms with E-state index in [1.165, 1.54) is 0 Å². The Bertz CT molecular complexity index is 1860. The van der Waals surface area contributed by atoms with Crippen molar-refractivity contribution in [2.24, 2.45) is 0 Å². The number of carboxylic acid groups (broad SMARTS) is 1. The lowest BCUT2D eigenvalue weighted by Gasteiger charge is -2.16. The number of ether oxygens (including phenoxy) is 1. The molecule has 0 aliphatic rings. The fourth-order valence-electron chi connectivity index (χ4n) is 5.66. The molecule has 0 saturated carbocycles. The summed E-state index contributed by atoms with van der Waals surface area (Å²) < 4.78 is 8.01. The molecule has 10 nitrogen and oxygen atoms in total. The van der Waals surface area contributed by atoms with Gasteiger partial charge in [-0.25, -0.2) is 9.78 Å². The number of hydrogen-bond acceptors (Lipinski definition) is 6. The number of rotatable bonds is 16. The number of benzene rings is 3. The second-order valence-corrected chi connectivity index (χ2v) is 12.4. The normalized spacial score (nSPS) is 12.0. The minimum atomic E-state index is -0.970. The lowest BCUT2D eigenvalue weighted by atomic mass is 9.99. The number of halogens is 1. The molecule has 0 bridgehead atoms. The van der Waals surface area contributed by atoms with Crippen LogP contribution in [0.3, 0.4) is 0 Å². The summed E-state index contributed by atoms with van der Waals surface area (Å²) in [6.45, 7) is 7.02. The number of aromatic carboxylic acids is 1. The Labute approximate surface area is 285 Å². The third-order valence-corrected chi connectivity index (χ3v) is 8.38. The number of unbranched alkanes of at least 4 members (excludes halogenated alkanes) is 1. The zero-order valence-corrected chi connectivity index (χ0v) is 28.2. The molecular weight excluding hydrogens is 630 g/mol. The fourth-order valence-corrected chi connectivity index (χ4v) is 5.93. The molecule has 1 atom stereocenters. The number of aryl methyl sites for hydroxylation is 1. The number of carboxylic acids is 1. The predicted octanol–water partition coefficient (Wildman–Crippen LogP) is 6.79. The zero-order chi connectivity index (χ0) is 34.2. The number of aromatic nitrogens is 3. The van der Waals surface area contributed by atoms with E-state index in [2.05, 4.69) is 32.1 Å². The summed E-state index contributed by atoms with van der Waals surface area (Å²) >= 11 is 6.67. The molecule has 48 heavy (non-hydrogen) atoms. The van der Waals surface area contributed by atoms with E-state index in [0.717, 1.165) is 47.1 Å². The van der Waals surface area contributed by atoms with Crippen LogP contribution in [0.4, 0.5) is 0 Å². The van der Waals surface area contributed by atoms with Gasteiger partial charge < -0.3 is 29.8 Å². The summed E-state index contributed by atoms with van der Waals surface area (Å²) in [5.74, 6) is 0.197. The Morgan fingerprint density at radius 1 is 1.06 bits per heavy atom. The van der Waals surface area contributed by atoms with Crippen molar-refractivity contribution < 1.29 is 24.5 Å². The molecule has 252 valence electrons. The van der Waals surface area contributed by atoms with Crippen LogP contribution in [0.5, 0.6) is 5.75 Å². The van der Waals surface area contributed by atoms with Gasteiger partial charge in [0.25, 0.3) is 5.91 Å². The van der Waals surface area contributed by atoms with E-state index in [-0.39, 0.29) is 24.1 Å². The first kappa shape index (κ1) is 34.7. The number of fused-ring (bicyclic) bond motifs is 1. The van der Waals surface area contributed by atoms with Gasteiger partial charge in [0.05, 0.1) is 24.4 Å². The Hall–Kier alpha value is -4.64. The number of amides is 1. The first-order valence-corrected chi connectivity index (χ1v) is 16.6. The number of nitrogens with one attached hydrogen (secondary N) is 3. The van der Waals surface area contributed by atoms with Crippen molar-refractivity contribution in [1.29, 1.82) is 0 Å². The van der Waals surface area contributed by atoms with Gasteiger partial charge in [0, 0.05) is 36.3 Å². The maximum atomic E-state index is 13.4. The number of nitrogens with zero attached hydrogens (tertiary/aromatic N) is 2. The molecule has 5 rings (SSSR count). The van der Waals surface area contributed by atoms with Crippen molar-refractivity contribution in [2.45, 2.75) is 71.8 Å². The standard InChI is InChI=1S/C37H42ClN5O5/c1-4-5-13-33-42-35(38)31(43(33)22-24-14-16-25(17-15-24)26-9-6-7-10-27(26)37(46)47)21-39-36(45)30-20-28-29(41-30)11-8-12-32(28)48-19-18-34(44)40-23(2)3/h6-12,14-17,20,23,34,40-41,44H,4-5,13,18-19,21-22H2,1-3H3,(H,39,45)(H,46,47). The number of aliphatic hydroxyl groups is 1. The van der Waals surface area contributed by atoms with Crippen LogP contribution in [0, 0.1) is 0 Å². The maximum Gasteiger partial charge on any atom is 0.336 e. The number of carbonyl (C=O) groups excluding carboxylic acids is 1. The monoisotopic (exact) mass is 671 g/mol. The second kappa shape index (κ2) is 16.0. The largest absolute Gasteiger partial charge is 0.493 e. The first-order chi connectivity index (χ1) is 23.1. The summed E-state index contributed by atoms with van der Waals surface area (Å²) in [6.07, 6.45) is 2.43. The molecule has 5 aromatic rings. The Morgan fingerprint density at radius 3 is 2.56 bits per heavy atom. The lowest BCUT2D eigenvalue weighted by molar-refractivity contribution is 0.0697. The number of imidazole rings is 1. The maximum absolute atomic E-state index is 13.4. The average molecular weight is 672 g/mol. The Kier molecular flexibility index (Phi) is 11.5. The van der Waals surface area contributed by atoms with Crippen LogP contribution < -0.4 is 15.4 Å². The first-order valence-electron chi connectivity index (χ1n) is 16.3. The Morgan fingerprint density at radius 2 is 1.83 bits per heavy atom. The summed E-state index contributed by atoms with van der Waals surface area (Å²) in [7, 11) is 0. The van der Waals surface area contributed by atoms with Gasteiger partial charge in [0.1, 0.15) is 23.5 Å². The van der Waals surface area contributed by atoms with Crippen LogP contribution in [0.25, 0.3) is 22.0 Å². The predicted molar refractivity (Wildman–Crippen MR) is 188 cm³/mol. The van der Waals surface area contributed by atoms with Gasteiger partial charge in [-0.3, -0.25) is 10.1 Å². The van der Waals surface area contributed by atoms with E-state index >= 15 is 0 Å². The van der Waals surface area contributed by atoms with E-state index in [4.69, 9.17) is 16.3 Å². The molecule has 5 N–H and O–H groups in total. The zero-order valence-electron chi connectivity index (χ0n) is 27.4. The molecule has 1 unspecified atom stereocenters. The molecule has 0 aliphatic carbocycles. The molecule has 0 spiro atoms. The average Bonchev–Trinajstić information content (AvgIpc) is 3.63. The van der Waals surface area contributed by atoms with Gasteiger partial charge in [0.2, 0.25) is 0 Å².